The maximum absolute atomic E-state index is 11.3. The number of carbonyl (C=O) groups is 1. The van der Waals surface area contributed by atoms with Crippen molar-refractivity contribution in [3.8, 4) is 0 Å². The van der Waals surface area contributed by atoms with Gasteiger partial charge in [-0.05, 0) is 12.3 Å². The average molecular weight is 152 g/mol. The molecule has 0 aliphatic heterocycles. The summed E-state index contributed by atoms with van der Waals surface area (Å²) in [6.07, 6.45) is 3.88. The van der Waals surface area contributed by atoms with Crippen LogP contribution in [-0.4, -0.2) is 5.78 Å². The molecule has 0 N–H and O–H groups in total. The Morgan fingerprint density at radius 2 is 2.18 bits per heavy atom. The highest BCUT2D eigenvalue weighted by molar-refractivity contribution is 5.84. The highest BCUT2D eigenvalue weighted by atomic mass is 16.1. The van der Waals surface area contributed by atoms with Crippen LogP contribution in [0.3, 0.4) is 0 Å². The van der Waals surface area contributed by atoms with Gasteiger partial charge in [-0.2, -0.15) is 0 Å². The van der Waals surface area contributed by atoms with Crippen LogP contribution in [0.1, 0.15) is 33.6 Å². The van der Waals surface area contributed by atoms with E-state index in [1.165, 1.54) is 5.57 Å². The molecule has 1 atom stereocenters. The molecule has 1 aliphatic carbocycles. The Bertz CT molecular complexity index is 189. The number of rotatable bonds is 1. The number of hydrogen-bond acceptors (Lipinski definition) is 1. The molecule has 1 rings (SSSR count). The molecule has 0 bridgehead atoms. The summed E-state index contributed by atoms with van der Waals surface area (Å²) in [7, 11) is 0. The van der Waals surface area contributed by atoms with Crippen LogP contribution in [0.5, 0.6) is 0 Å². The normalized spacial score (nSPS) is 25.6. The maximum atomic E-state index is 11.3. The van der Waals surface area contributed by atoms with Crippen LogP contribution in [0.2, 0.25) is 0 Å². The lowest BCUT2D eigenvalue weighted by molar-refractivity contribution is -0.122. The fraction of sp³-hybridized carbons (Fsp3) is 0.700. The molecule has 62 valence electrons. The first-order chi connectivity index (χ1) is 5.11. The summed E-state index contributed by atoms with van der Waals surface area (Å²) in [5.41, 5.74) is 1.33. The summed E-state index contributed by atoms with van der Waals surface area (Å²) in [6, 6.07) is 0. The Morgan fingerprint density at radius 3 is 2.64 bits per heavy atom. The van der Waals surface area contributed by atoms with Gasteiger partial charge in [-0.1, -0.05) is 32.4 Å². The highest BCUT2D eigenvalue weighted by Gasteiger charge is 2.19. The summed E-state index contributed by atoms with van der Waals surface area (Å²) in [5.74, 6) is 1.22. The molecule has 0 unspecified atom stereocenters. The second-order valence-electron chi connectivity index (χ2n) is 3.71. The van der Waals surface area contributed by atoms with E-state index in [1.807, 2.05) is 6.92 Å². The topological polar surface area (TPSA) is 17.1 Å². The van der Waals surface area contributed by atoms with Crippen molar-refractivity contribution in [3.05, 3.63) is 11.6 Å². The minimum Gasteiger partial charge on any atom is -0.299 e. The molecule has 0 spiro atoms. The molecule has 1 heteroatoms. The third kappa shape index (κ3) is 1.92. The van der Waals surface area contributed by atoms with Gasteiger partial charge in [0.25, 0.3) is 0 Å². The minimum atomic E-state index is 0.262. The molecule has 0 fully saturated rings. The first-order valence-corrected chi connectivity index (χ1v) is 4.33. The van der Waals surface area contributed by atoms with E-state index < -0.39 is 0 Å². The van der Waals surface area contributed by atoms with Crippen molar-refractivity contribution in [1.82, 2.24) is 0 Å². The summed E-state index contributed by atoms with van der Waals surface area (Å²) >= 11 is 0. The molecular formula is C10H16O. The third-order valence-corrected chi connectivity index (χ3v) is 2.40. The molecule has 0 aromatic heterocycles. The van der Waals surface area contributed by atoms with E-state index >= 15 is 0 Å². The Kier molecular flexibility index (Phi) is 2.48. The number of allylic oxidation sites excluding steroid dienone is 2. The van der Waals surface area contributed by atoms with E-state index in [2.05, 4.69) is 19.9 Å². The standard InChI is InChI=1S/C10H16O/c1-7(2)9-5-4-8(3)10(11)6-9/h5,7-8H,4,6H2,1-3H3/t8-/m0/s1. The van der Waals surface area contributed by atoms with Crippen molar-refractivity contribution in [2.75, 3.05) is 0 Å². The quantitative estimate of drug-likeness (QED) is 0.528. The summed E-state index contributed by atoms with van der Waals surface area (Å²) in [4.78, 5) is 11.3. The molecule has 0 saturated carbocycles. The van der Waals surface area contributed by atoms with Gasteiger partial charge in [0.15, 0.2) is 0 Å². The molecule has 0 amide bonds. The van der Waals surface area contributed by atoms with E-state index in [-0.39, 0.29) is 5.92 Å². The maximum Gasteiger partial charge on any atom is 0.140 e. The zero-order valence-corrected chi connectivity index (χ0v) is 7.55. The van der Waals surface area contributed by atoms with Gasteiger partial charge in [0.1, 0.15) is 5.78 Å². The second-order valence-corrected chi connectivity index (χ2v) is 3.71. The number of ketones is 1. The van der Waals surface area contributed by atoms with Gasteiger partial charge in [-0.25, -0.2) is 0 Å². The van der Waals surface area contributed by atoms with Crippen molar-refractivity contribution in [1.29, 1.82) is 0 Å². The average Bonchev–Trinajstić information content (AvgIpc) is 1.94. The largest absolute Gasteiger partial charge is 0.299 e. The van der Waals surface area contributed by atoms with Crippen LogP contribution in [0.15, 0.2) is 11.6 Å². The van der Waals surface area contributed by atoms with Crippen LogP contribution in [0.4, 0.5) is 0 Å². The first-order valence-electron chi connectivity index (χ1n) is 4.33. The van der Waals surface area contributed by atoms with Gasteiger partial charge in [0.2, 0.25) is 0 Å². The first kappa shape index (κ1) is 8.51. The smallest absolute Gasteiger partial charge is 0.140 e. The third-order valence-electron chi connectivity index (χ3n) is 2.40. The fourth-order valence-corrected chi connectivity index (χ4v) is 1.35. The van der Waals surface area contributed by atoms with Gasteiger partial charge in [-0.3, -0.25) is 4.79 Å². The van der Waals surface area contributed by atoms with E-state index in [1.54, 1.807) is 0 Å². The molecule has 1 aliphatic rings. The Balaban J connectivity index is 2.66. The van der Waals surface area contributed by atoms with Gasteiger partial charge in [0, 0.05) is 12.3 Å². The summed E-state index contributed by atoms with van der Waals surface area (Å²) < 4.78 is 0. The van der Waals surface area contributed by atoms with E-state index in [0.29, 0.717) is 18.1 Å². The van der Waals surface area contributed by atoms with E-state index in [0.717, 1.165) is 6.42 Å². The molecule has 1 nitrogen and oxygen atoms in total. The molecule has 0 saturated heterocycles. The van der Waals surface area contributed by atoms with Gasteiger partial charge < -0.3 is 0 Å². The van der Waals surface area contributed by atoms with Crippen LogP contribution < -0.4 is 0 Å². The molecule has 0 aromatic rings. The zero-order valence-electron chi connectivity index (χ0n) is 7.55. The molecule has 0 heterocycles. The lowest BCUT2D eigenvalue weighted by Gasteiger charge is -2.19. The highest BCUT2D eigenvalue weighted by Crippen LogP contribution is 2.24. The minimum absolute atomic E-state index is 0.262. The van der Waals surface area contributed by atoms with E-state index in [4.69, 9.17) is 0 Å². The predicted octanol–water partition coefficient (Wildman–Crippen LogP) is 2.57. The van der Waals surface area contributed by atoms with Crippen LogP contribution in [0.25, 0.3) is 0 Å². The van der Waals surface area contributed by atoms with Crippen molar-refractivity contribution >= 4 is 5.78 Å². The van der Waals surface area contributed by atoms with Crippen LogP contribution in [0, 0.1) is 11.8 Å². The Labute approximate surface area is 68.5 Å². The zero-order chi connectivity index (χ0) is 8.43. The van der Waals surface area contributed by atoms with Crippen LogP contribution in [-0.2, 0) is 4.79 Å². The van der Waals surface area contributed by atoms with Crippen molar-refractivity contribution in [3.63, 3.8) is 0 Å². The number of Topliss-reactive ketones (excluding diaryl/α,β-unsaturated/α-hetero) is 1. The summed E-state index contributed by atoms with van der Waals surface area (Å²) in [6.45, 7) is 6.31. The summed E-state index contributed by atoms with van der Waals surface area (Å²) in [5, 5.41) is 0. The lowest BCUT2D eigenvalue weighted by atomic mass is 9.85. The lowest BCUT2D eigenvalue weighted by Crippen LogP contribution is -2.17. The van der Waals surface area contributed by atoms with Gasteiger partial charge in [-0.15, -0.1) is 0 Å². The molecule has 0 radical (unpaired) electrons. The molecule has 0 aromatic carbocycles. The van der Waals surface area contributed by atoms with E-state index in [9.17, 15) is 4.79 Å². The monoisotopic (exact) mass is 152 g/mol. The molecular weight excluding hydrogens is 136 g/mol. The van der Waals surface area contributed by atoms with Crippen LogP contribution >= 0.6 is 0 Å². The fourth-order valence-electron chi connectivity index (χ4n) is 1.35. The Morgan fingerprint density at radius 1 is 1.55 bits per heavy atom. The van der Waals surface area contributed by atoms with Crippen molar-refractivity contribution < 1.29 is 4.79 Å². The Hall–Kier alpha value is -0.590. The van der Waals surface area contributed by atoms with Crippen molar-refractivity contribution in [2.24, 2.45) is 11.8 Å². The second kappa shape index (κ2) is 3.21. The molecule has 11 heavy (non-hydrogen) atoms. The number of carbonyl (C=O) groups excluding carboxylic acids is 1. The predicted molar refractivity (Wildman–Crippen MR) is 46.3 cm³/mol. The SMILES string of the molecule is CC(C)C1=CC[C@H](C)C(=O)C1. The van der Waals surface area contributed by atoms with Crippen molar-refractivity contribution in [2.45, 2.75) is 33.6 Å². The number of hydrogen-bond donors (Lipinski definition) is 0. The van der Waals surface area contributed by atoms with Gasteiger partial charge in [0.05, 0.1) is 0 Å². The van der Waals surface area contributed by atoms with Gasteiger partial charge >= 0.3 is 0 Å².